The quantitative estimate of drug-likeness (QED) is 0.557. The third-order valence-corrected chi connectivity index (χ3v) is 4.67. The molecule has 0 saturated heterocycles. The maximum absolute atomic E-state index is 5.35. The van der Waals surface area contributed by atoms with Crippen molar-refractivity contribution in [2.75, 3.05) is 13.6 Å². The molecule has 0 aliphatic carbocycles. The Balaban J connectivity index is 1.89. The smallest absolute Gasteiger partial charge is 0.191 e. The second-order valence-corrected chi connectivity index (χ2v) is 7.96. The minimum atomic E-state index is -0.0185. The van der Waals surface area contributed by atoms with Gasteiger partial charge in [-0.05, 0) is 23.6 Å². The number of benzene rings is 1. The molecular formula is C19H27BrN4O. The number of hydrogen-bond acceptors (Lipinski definition) is 3. The minimum Gasteiger partial charge on any atom is -0.359 e. The van der Waals surface area contributed by atoms with E-state index in [9.17, 15) is 0 Å². The maximum Gasteiger partial charge on any atom is 0.191 e. The second kappa shape index (κ2) is 8.52. The molecule has 25 heavy (non-hydrogen) atoms. The van der Waals surface area contributed by atoms with Crippen molar-refractivity contribution in [2.45, 2.75) is 45.6 Å². The van der Waals surface area contributed by atoms with Gasteiger partial charge in [0, 0.05) is 29.5 Å². The van der Waals surface area contributed by atoms with Gasteiger partial charge < -0.3 is 15.2 Å². The molecule has 0 fully saturated rings. The van der Waals surface area contributed by atoms with Gasteiger partial charge in [-0.3, -0.25) is 4.99 Å². The average molecular weight is 407 g/mol. The predicted molar refractivity (Wildman–Crippen MR) is 106 cm³/mol. The van der Waals surface area contributed by atoms with Gasteiger partial charge in [0.2, 0.25) is 0 Å². The van der Waals surface area contributed by atoms with Crippen LogP contribution in [-0.4, -0.2) is 24.7 Å². The number of aliphatic imine (C=N–C) groups is 1. The van der Waals surface area contributed by atoms with Crippen LogP contribution in [0.1, 0.15) is 50.6 Å². The van der Waals surface area contributed by atoms with Gasteiger partial charge in [-0.2, -0.15) is 0 Å². The summed E-state index contributed by atoms with van der Waals surface area (Å²) in [5.41, 5.74) is 2.22. The molecule has 0 radical (unpaired) electrons. The highest BCUT2D eigenvalue weighted by molar-refractivity contribution is 9.10. The van der Waals surface area contributed by atoms with Crippen molar-refractivity contribution in [1.82, 2.24) is 15.8 Å². The van der Waals surface area contributed by atoms with Crippen LogP contribution in [0.2, 0.25) is 0 Å². The number of aromatic nitrogens is 1. The van der Waals surface area contributed by atoms with Crippen LogP contribution in [0, 0.1) is 0 Å². The molecule has 2 aromatic rings. The predicted octanol–water partition coefficient (Wildman–Crippen LogP) is 4.20. The van der Waals surface area contributed by atoms with Crippen molar-refractivity contribution in [3.8, 4) is 0 Å². The molecule has 0 saturated carbocycles. The standard InChI is InChI=1S/C19H27BrN4O/c1-13(2)17-10-16(25-24-17)11-22-18(21-5)23-12-19(3,4)14-6-8-15(20)9-7-14/h6-10,13H,11-12H2,1-5H3,(H2,21,22,23). The van der Waals surface area contributed by atoms with E-state index in [0.717, 1.165) is 28.4 Å². The molecule has 0 bridgehead atoms. The van der Waals surface area contributed by atoms with Crippen LogP contribution < -0.4 is 10.6 Å². The van der Waals surface area contributed by atoms with Gasteiger partial charge in [-0.25, -0.2) is 0 Å². The molecule has 136 valence electrons. The number of nitrogens with one attached hydrogen (secondary N) is 2. The van der Waals surface area contributed by atoms with E-state index in [1.165, 1.54) is 5.56 Å². The highest BCUT2D eigenvalue weighted by Crippen LogP contribution is 2.24. The Morgan fingerprint density at radius 2 is 1.92 bits per heavy atom. The van der Waals surface area contributed by atoms with Crippen molar-refractivity contribution in [1.29, 1.82) is 0 Å². The van der Waals surface area contributed by atoms with E-state index in [4.69, 9.17) is 4.52 Å². The van der Waals surface area contributed by atoms with E-state index in [-0.39, 0.29) is 5.41 Å². The summed E-state index contributed by atoms with van der Waals surface area (Å²) in [7, 11) is 1.77. The van der Waals surface area contributed by atoms with E-state index >= 15 is 0 Å². The summed E-state index contributed by atoms with van der Waals surface area (Å²) in [4.78, 5) is 4.28. The van der Waals surface area contributed by atoms with E-state index in [1.807, 2.05) is 6.07 Å². The third-order valence-electron chi connectivity index (χ3n) is 4.15. The molecule has 0 spiro atoms. The van der Waals surface area contributed by atoms with Gasteiger partial charge in [0.15, 0.2) is 11.7 Å². The molecule has 5 nitrogen and oxygen atoms in total. The maximum atomic E-state index is 5.35. The number of rotatable bonds is 6. The Kier molecular flexibility index (Phi) is 6.64. The van der Waals surface area contributed by atoms with Crippen molar-refractivity contribution in [2.24, 2.45) is 4.99 Å². The van der Waals surface area contributed by atoms with Gasteiger partial charge in [0.1, 0.15) is 0 Å². The first-order valence-corrected chi connectivity index (χ1v) is 9.27. The summed E-state index contributed by atoms with van der Waals surface area (Å²) in [5.74, 6) is 1.91. The monoisotopic (exact) mass is 406 g/mol. The van der Waals surface area contributed by atoms with Crippen LogP contribution in [0.3, 0.4) is 0 Å². The molecule has 1 aromatic heterocycles. The van der Waals surface area contributed by atoms with Crippen LogP contribution in [0.4, 0.5) is 0 Å². The van der Waals surface area contributed by atoms with Gasteiger partial charge in [-0.1, -0.05) is 60.9 Å². The minimum absolute atomic E-state index is 0.0185. The zero-order valence-corrected chi connectivity index (χ0v) is 17.1. The summed E-state index contributed by atoms with van der Waals surface area (Å²) < 4.78 is 6.44. The zero-order chi connectivity index (χ0) is 18.4. The topological polar surface area (TPSA) is 62.5 Å². The van der Waals surface area contributed by atoms with Gasteiger partial charge in [0.25, 0.3) is 0 Å². The first kappa shape index (κ1) is 19.5. The Hall–Kier alpha value is -1.82. The summed E-state index contributed by atoms with van der Waals surface area (Å²) in [6.07, 6.45) is 0. The highest BCUT2D eigenvalue weighted by Gasteiger charge is 2.21. The number of hydrogen-bond donors (Lipinski definition) is 2. The molecule has 2 rings (SSSR count). The van der Waals surface area contributed by atoms with Gasteiger partial charge in [0.05, 0.1) is 12.2 Å². The van der Waals surface area contributed by atoms with E-state index in [1.54, 1.807) is 7.05 Å². The van der Waals surface area contributed by atoms with Crippen LogP contribution in [0.25, 0.3) is 0 Å². The fourth-order valence-electron chi connectivity index (χ4n) is 2.38. The normalized spacial score (nSPS) is 12.5. The molecule has 1 aromatic carbocycles. The lowest BCUT2D eigenvalue weighted by Crippen LogP contribution is -2.43. The Labute approximate surface area is 158 Å². The van der Waals surface area contributed by atoms with E-state index in [0.29, 0.717) is 12.5 Å². The molecule has 6 heteroatoms. The van der Waals surface area contributed by atoms with Gasteiger partial charge >= 0.3 is 0 Å². The number of halogens is 1. The van der Waals surface area contributed by atoms with Crippen molar-refractivity contribution >= 4 is 21.9 Å². The Morgan fingerprint density at radius 1 is 1.24 bits per heavy atom. The molecule has 0 aliphatic heterocycles. The molecule has 0 atom stereocenters. The highest BCUT2D eigenvalue weighted by atomic mass is 79.9. The molecular weight excluding hydrogens is 380 g/mol. The van der Waals surface area contributed by atoms with Gasteiger partial charge in [-0.15, -0.1) is 0 Å². The lowest BCUT2D eigenvalue weighted by Gasteiger charge is -2.26. The van der Waals surface area contributed by atoms with Crippen molar-refractivity contribution in [3.05, 3.63) is 51.8 Å². The lowest BCUT2D eigenvalue weighted by atomic mass is 9.85. The number of guanidine groups is 1. The third kappa shape index (κ3) is 5.59. The SMILES string of the molecule is CN=C(NCc1cc(C(C)C)no1)NCC(C)(C)c1ccc(Br)cc1. The van der Waals surface area contributed by atoms with Crippen LogP contribution in [-0.2, 0) is 12.0 Å². The number of nitrogens with zero attached hydrogens (tertiary/aromatic N) is 2. The zero-order valence-electron chi connectivity index (χ0n) is 15.6. The summed E-state index contributed by atoms with van der Waals surface area (Å²) in [6, 6.07) is 10.4. The van der Waals surface area contributed by atoms with Crippen molar-refractivity contribution < 1.29 is 4.52 Å². The fraction of sp³-hybridized carbons (Fsp3) is 0.474. The summed E-state index contributed by atoms with van der Waals surface area (Å²) in [5, 5.41) is 10.7. The van der Waals surface area contributed by atoms with Crippen molar-refractivity contribution in [3.63, 3.8) is 0 Å². The average Bonchev–Trinajstić information content (AvgIpc) is 3.04. The second-order valence-electron chi connectivity index (χ2n) is 7.04. The van der Waals surface area contributed by atoms with Crippen LogP contribution >= 0.6 is 15.9 Å². The Bertz CT molecular complexity index is 704. The fourth-order valence-corrected chi connectivity index (χ4v) is 2.65. The first-order valence-electron chi connectivity index (χ1n) is 8.48. The molecule has 0 unspecified atom stereocenters. The van der Waals surface area contributed by atoms with E-state index in [2.05, 4.69) is 88.7 Å². The summed E-state index contributed by atoms with van der Waals surface area (Å²) >= 11 is 3.48. The molecule has 0 amide bonds. The largest absolute Gasteiger partial charge is 0.359 e. The van der Waals surface area contributed by atoms with E-state index < -0.39 is 0 Å². The lowest BCUT2D eigenvalue weighted by molar-refractivity contribution is 0.371. The Morgan fingerprint density at radius 3 is 2.48 bits per heavy atom. The molecule has 2 N–H and O–H groups in total. The molecule has 1 heterocycles. The first-order chi connectivity index (χ1) is 11.8. The molecule has 0 aliphatic rings. The van der Waals surface area contributed by atoms with Crippen LogP contribution in [0.5, 0.6) is 0 Å². The van der Waals surface area contributed by atoms with Crippen LogP contribution in [0.15, 0.2) is 44.3 Å². The summed E-state index contributed by atoms with van der Waals surface area (Å²) in [6.45, 7) is 9.93.